The molecule has 4 bridgehead atoms. The predicted octanol–water partition coefficient (Wildman–Crippen LogP) is 4.19. The lowest BCUT2D eigenvalue weighted by Gasteiger charge is -2.57. The first-order chi connectivity index (χ1) is 19.2. The maximum atomic E-state index is 14.0. The van der Waals surface area contributed by atoms with Gasteiger partial charge < -0.3 is 4.90 Å². The van der Waals surface area contributed by atoms with Gasteiger partial charge in [-0.1, -0.05) is 6.07 Å². The molecule has 6 aliphatic rings. The van der Waals surface area contributed by atoms with Crippen LogP contribution in [0.3, 0.4) is 0 Å². The molecule has 4 aliphatic carbocycles. The average molecular weight is 546 g/mol. The van der Waals surface area contributed by atoms with E-state index in [1.54, 1.807) is 6.92 Å². The van der Waals surface area contributed by atoms with Crippen molar-refractivity contribution in [2.75, 3.05) is 24.5 Å². The van der Waals surface area contributed by atoms with Gasteiger partial charge in [-0.05, 0) is 114 Å². The Morgan fingerprint density at radius 1 is 0.975 bits per heavy atom. The molecule has 8 nitrogen and oxygen atoms in total. The van der Waals surface area contributed by atoms with Gasteiger partial charge in [-0.3, -0.25) is 29.2 Å². The molecule has 3 heterocycles. The fourth-order valence-electron chi connectivity index (χ4n) is 9.93. The van der Waals surface area contributed by atoms with Crippen molar-refractivity contribution in [3.05, 3.63) is 34.4 Å². The second-order valence-electron chi connectivity index (χ2n) is 14.0. The second-order valence-corrected chi connectivity index (χ2v) is 14.0. The van der Waals surface area contributed by atoms with Crippen LogP contribution in [0, 0.1) is 30.1 Å². The number of piperidine rings is 1. The van der Waals surface area contributed by atoms with Crippen molar-refractivity contribution < 1.29 is 9.59 Å². The molecule has 8 heteroatoms. The highest BCUT2D eigenvalue weighted by atomic mass is 16.2. The molecule has 8 rings (SSSR count). The number of hydrogen-bond donors (Lipinski definition) is 1. The van der Waals surface area contributed by atoms with Crippen LogP contribution in [0.5, 0.6) is 0 Å². The van der Waals surface area contributed by atoms with Crippen LogP contribution in [-0.4, -0.2) is 58.0 Å². The molecular formula is C32H43N5O3. The highest BCUT2D eigenvalue weighted by molar-refractivity contribution is 5.99. The summed E-state index contributed by atoms with van der Waals surface area (Å²) in [5.74, 6) is 2.77. The van der Waals surface area contributed by atoms with Crippen molar-refractivity contribution in [1.82, 2.24) is 19.8 Å². The molecule has 1 aromatic heterocycles. The maximum Gasteiger partial charge on any atom is 0.264 e. The largest absolute Gasteiger partial charge is 0.363 e. The molecule has 40 heavy (non-hydrogen) atoms. The normalized spacial score (nSPS) is 35.9. The minimum absolute atomic E-state index is 0.198. The van der Waals surface area contributed by atoms with Crippen LogP contribution in [0.4, 0.5) is 5.69 Å². The van der Waals surface area contributed by atoms with E-state index in [1.807, 2.05) is 18.2 Å². The van der Waals surface area contributed by atoms with Crippen molar-refractivity contribution in [2.24, 2.45) is 23.2 Å². The number of nitrogens with zero attached hydrogens (tertiary/aromatic N) is 4. The number of amides is 2. The Balaban J connectivity index is 1.13. The van der Waals surface area contributed by atoms with Crippen LogP contribution in [0.15, 0.2) is 23.0 Å². The summed E-state index contributed by atoms with van der Waals surface area (Å²) in [5.41, 5.74) is 1.96. The van der Waals surface area contributed by atoms with E-state index in [9.17, 15) is 14.4 Å². The molecule has 2 aliphatic heterocycles. The van der Waals surface area contributed by atoms with Crippen LogP contribution < -0.4 is 15.8 Å². The van der Waals surface area contributed by atoms with E-state index in [1.165, 1.54) is 56.1 Å². The summed E-state index contributed by atoms with van der Waals surface area (Å²) in [4.78, 5) is 48.3. The topological polar surface area (TPSA) is 87.5 Å². The first-order valence-corrected chi connectivity index (χ1v) is 15.6. The summed E-state index contributed by atoms with van der Waals surface area (Å²) in [7, 11) is 0. The molecule has 214 valence electrons. The number of benzene rings is 1. The molecular weight excluding hydrogens is 502 g/mol. The molecule has 1 N–H and O–H groups in total. The third-order valence-electron chi connectivity index (χ3n) is 11.0. The number of anilines is 1. The van der Waals surface area contributed by atoms with Gasteiger partial charge in [-0.25, -0.2) is 4.98 Å². The number of imide groups is 1. The minimum atomic E-state index is -0.716. The maximum absolute atomic E-state index is 14.0. The number of rotatable bonds is 5. The molecule has 0 spiro atoms. The fraction of sp³-hybridized carbons (Fsp3) is 0.688. The zero-order chi connectivity index (χ0) is 27.8. The Bertz CT molecular complexity index is 1370. The number of fused-ring (bicyclic) bond motifs is 1. The second kappa shape index (κ2) is 9.68. The molecule has 1 aromatic carbocycles. The van der Waals surface area contributed by atoms with E-state index in [0.717, 1.165) is 36.5 Å². The molecule has 2 aromatic rings. The van der Waals surface area contributed by atoms with E-state index >= 15 is 0 Å². The van der Waals surface area contributed by atoms with Crippen molar-refractivity contribution in [1.29, 1.82) is 0 Å². The van der Waals surface area contributed by atoms with Crippen molar-refractivity contribution in [2.45, 2.75) is 96.7 Å². The van der Waals surface area contributed by atoms with Crippen molar-refractivity contribution >= 4 is 28.4 Å². The van der Waals surface area contributed by atoms with Gasteiger partial charge in [0.25, 0.3) is 5.56 Å². The molecule has 4 saturated carbocycles. The quantitative estimate of drug-likeness (QED) is 0.567. The molecule has 3 unspecified atom stereocenters. The summed E-state index contributed by atoms with van der Waals surface area (Å²) < 4.78 is 1.50. The summed E-state index contributed by atoms with van der Waals surface area (Å²) in [6.07, 6.45) is 10.8. The average Bonchev–Trinajstić information content (AvgIpc) is 2.87. The summed E-state index contributed by atoms with van der Waals surface area (Å²) in [6, 6.07) is 5.68. The van der Waals surface area contributed by atoms with E-state index in [4.69, 9.17) is 4.98 Å². The highest BCUT2D eigenvalue weighted by Crippen LogP contribution is 2.61. The minimum Gasteiger partial charge on any atom is -0.363 e. The zero-order valence-corrected chi connectivity index (χ0v) is 24.2. The lowest BCUT2D eigenvalue weighted by atomic mass is 9.49. The number of aromatic nitrogens is 2. The number of piperazine rings is 1. The predicted molar refractivity (Wildman–Crippen MR) is 155 cm³/mol. The van der Waals surface area contributed by atoms with E-state index in [2.05, 4.69) is 29.0 Å². The smallest absolute Gasteiger partial charge is 0.264 e. The Morgan fingerprint density at radius 2 is 1.62 bits per heavy atom. The van der Waals surface area contributed by atoms with Crippen LogP contribution in [0.2, 0.25) is 0 Å². The Morgan fingerprint density at radius 3 is 2.25 bits per heavy atom. The Kier molecular flexibility index (Phi) is 6.33. The van der Waals surface area contributed by atoms with Gasteiger partial charge in [0, 0.05) is 31.6 Å². The van der Waals surface area contributed by atoms with E-state index < -0.39 is 11.9 Å². The highest BCUT2D eigenvalue weighted by Gasteiger charge is 2.50. The van der Waals surface area contributed by atoms with Crippen LogP contribution in [0.25, 0.3) is 10.9 Å². The van der Waals surface area contributed by atoms with Crippen molar-refractivity contribution in [3.63, 3.8) is 0 Å². The molecule has 3 atom stereocenters. The molecule has 6 fully saturated rings. The van der Waals surface area contributed by atoms with Gasteiger partial charge in [0.1, 0.15) is 11.9 Å². The number of nitrogens with one attached hydrogen (secondary N) is 1. The number of aryl methyl sites for hydroxylation is 1. The van der Waals surface area contributed by atoms with Gasteiger partial charge in [0.2, 0.25) is 11.8 Å². The Labute approximate surface area is 236 Å². The summed E-state index contributed by atoms with van der Waals surface area (Å²) >= 11 is 0. The summed E-state index contributed by atoms with van der Waals surface area (Å²) in [6.45, 7) is 9.44. The molecule has 2 amide bonds. The lowest BCUT2D eigenvalue weighted by molar-refractivity contribution is -0.135. The number of carbonyl (C=O) groups excluding carboxylic acids is 2. The van der Waals surface area contributed by atoms with Gasteiger partial charge in [0.15, 0.2) is 0 Å². The lowest BCUT2D eigenvalue weighted by Crippen LogP contribution is -2.58. The van der Waals surface area contributed by atoms with Crippen molar-refractivity contribution in [3.8, 4) is 0 Å². The van der Waals surface area contributed by atoms with Gasteiger partial charge in [-0.2, -0.15) is 0 Å². The fourth-order valence-corrected chi connectivity index (χ4v) is 9.93. The third kappa shape index (κ3) is 4.38. The van der Waals surface area contributed by atoms with E-state index in [-0.39, 0.29) is 30.0 Å². The summed E-state index contributed by atoms with van der Waals surface area (Å²) in [5, 5.41) is 2.97. The van der Waals surface area contributed by atoms with Gasteiger partial charge in [-0.15, -0.1) is 0 Å². The number of carbonyl (C=O) groups is 2. The first-order valence-electron chi connectivity index (χ1n) is 15.6. The van der Waals surface area contributed by atoms with E-state index in [0.29, 0.717) is 28.6 Å². The molecule has 2 saturated heterocycles. The van der Waals surface area contributed by atoms with Gasteiger partial charge >= 0.3 is 0 Å². The zero-order valence-electron chi connectivity index (χ0n) is 24.2. The van der Waals surface area contributed by atoms with Crippen LogP contribution in [0.1, 0.15) is 83.5 Å². The standard InChI is InChI=1S/C32H43N5O3/c1-19-17-35(10-9-32-14-22-11-23(15-32)13-24(12-22)16-32)18-20(2)36(19)26-6-4-5-25-29(26)31(40)37(21(3)33-25)27-7-8-28(38)34-30(27)39/h4-6,19-20,22-24,27H,7-18H2,1-3H3,(H,34,38,39). The monoisotopic (exact) mass is 545 g/mol. The SMILES string of the molecule is Cc1nc2cccc(N3C(C)CN(CCC45CC6CC(CC(C6)C4)C5)CC3C)c2c(=O)n1C1CCC(=O)NC1=O. The third-order valence-corrected chi connectivity index (χ3v) is 11.0. The first kappa shape index (κ1) is 26.2. The van der Waals surface area contributed by atoms with Crippen LogP contribution >= 0.6 is 0 Å². The van der Waals surface area contributed by atoms with Gasteiger partial charge in [0.05, 0.1) is 16.6 Å². The Hall–Kier alpha value is -2.74. The molecule has 0 radical (unpaired) electrons. The number of hydrogen-bond acceptors (Lipinski definition) is 6. The van der Waals surface area contributed by atoms with Crippen LogP contribution in [-0.2, 0) is 9.59 Å².